The third kappa shape index (κ3) is 4.00. The number of carbonyl (C=O) groups excluding carboxylic acids is 2. The second-order valence-corrected chi connectivity index (χ2v) is 8.00. The topological polar surface area (TPSA) is 98.1 Å². The third-order valence-electron chi connectivity index (χ3n) is 4.73. The molecule has 2 aromatic heterocycles. The van der Waals surface area contributed by atoms with Crippen LogP contribution < -0.4 is 15.4 Å². The number of aromatic nitrogens is 3. The third-order valence-corrected chi connectivity index (χ3v) is 5.76. The number of hydrogen-bond donors (Lipinski definition) is 2. The maximum atomic E-state index is 12.3. The molecule has 0 fully saturated rings. The van der Waals surface area contributed by atoms with E-state index in [4.69, 9.17) is 4.74 Å². The Kier molecular flexibility index (Phi) is 5.06. The molecule has 8 nitrogen and oxygen atoms in total. The van der Waals surface area contributed by atoms with Crippen LogP contribution in [-0.4, -0.2) is 33.2 Å². The van der Waals surface area contributed by atoms with Gasteiger partial charge in [0.05, 0.1) is 11.9 Å². The second kappa shape index (κ2) is 7.67. The standard InChI is InChI=1S/C20H21N5O3S/c1-11-8-13(4-5-15(11)22-12(2)26)28-10-18(27)23-20-24-19-14-9-21-25(3)16(14)6-7-17(19)29-20/h4-5,8-9H,6-7,10H2,1-3H3,(H,22,26)(H,23,24,27). The van der Waals surface area contributed by atoms with Gasteiger partial charge in [0, 0.05) is 35.8 Å². The molecular weight excluding hydrogens is 390 g/mol. The highest BCUT2D eigenvalue weighted by molar-refractivity contribution is 7.16. The molecule has 2 N–H and O–H groups in total. The van der Waals surface area contributed by atoms with Crippen molar-refractivity contribution in [3.05, 3.63) is 40.5 Å². The number of anilines is 2. The van der Waals surface area contributed by atoms with Crippen LogP contribution in [0.2, 0.25) is 0 Å². The molecule has 0 aliphatic heterocycles. The number of thiazole rings is 1. The molecular formula is C20H21N5O3S. The number of nitrogens with one attached hydrogen (secondary N) is 2. The number of fused-ring (bicyclic) bond motifs is 3. The Morgan fingerprint density at radius 2 is 2.10 bits per heavy atom. The summed E-state index contributed by atoms with van der Waals surface area (Å²) in [6, 6.07) is 5.26. The van der Waals surface area contributed by atoms with Crippen molar-refractivity contribution >= 4 is 34.0 Å². The lowest BCUT2D eigenvalue weighted by molar-refractivity contribution is -0.118. The van der Waals surface area contributed by atoms with Crippen LogP contribution in [0.3, 0.4) is 0 Å². The maximum absolute atomic E-state index is 12.3. The van der Waals surface area contributed by atoms with Gasteiger partial charge in [-0.15, -0.1) is 11.3 Å². The fourth-order valence-electron chi connectivity index (χ4n) is 3.33. The molecule has 1 aliphatic rings. The van der Waals surface area contributed by atoms with Gasteiger partial charge in [-0.1, -0.05) is 0 Å². The van der Waals surface area contributed by atoms with Crippen LogP contribution in [-0.2, 0) is 29.5 Å². The number of amides is 2. The Hall–Kier alpha value is -3.20. The van der Waals surface area contributed by atoms with E-state index in [-0.39, 0.29) is 18.4 Å². The van der Waals surface area contributed by atoms with Crippen molar-refractivity contribution in [3.8, 4) is 17.0 Å². The summed E-state index contributed by atoms with van der Waals surface area (Å²) < 4.78 is 7.46. The number of carbonyl (C=O) groups is 2. The molecule has 1 aromatic carbocycles. The molecule has 29 heavy (non-hydrogen) atoms. The van der Waals surface area contributed by atoms with Crippen molar-refractivity contribution in [1.82, 2.24) is 14.8 Å². The van der Waals surface area contributed by atoms with E-state index in [1.807, 2.05) is 24.9 Å². The lowest BCUT2D eigenvalue weighted by Gasteiger charge is -2.10. The van der Waals surface area contributed by atoms with Crippen LogP contribution in [0.1, 0.15) is 23.1 Å². The van der Waals surface area contributed by atoms with Crippen molar-refractivity contribution in [2.45, 2.75) is 26.7 Å². The zero-order valence-electron chi connectivity index (χ0n) is 16.4. The van der Waals surface area contributed by atoms with Crippen LogP contribution in [0, 0.1) is 6.92 Å². The number of ether oxygens (including phenoxy) is 1. The van der Waals surface area contributed by atoms with Crippen LogP contribution in [0.4, 0.5) is 10.8 Å². The second-order valence-electron chi connectivity index (χ2n) is 6.91. The molecule has 0 saturated carbocycles. The summed E-state index contributed by atoms with van der Waals surface area (Å²) in [6.07, 6.45) is 3.64. The highest BCUT2D eigenvalue weighted by atomic mass is 32.1. The van der Waals surface area contributed by atoms with Gasteiger partial charge in [-0.25, -0.2) is 4.98 Å². The summed E-state index contributed by atoms with van der Waals surface area (Å²) in [4.78, 5) is 29.2. The van der Waals surface area contributed by atoms with E-state index < -0.39 is 0 Å². The van der Waals surface area contributed by atoms with Gasteiger partial charge in [0.25, 0.3) is 5.91 Å². The van der Waals surface area contributed by atoms with Gasteiger partial charge in [-0.05, 0) is 43.5 Å². The number of nitrogens with zero attached hydrogens (tertiary/aromatic N) is 3. The van der Waals surface area contributed by atoms with E-state index >= 15 is 0 Å². The predicted octanol–water partition coefficient (Wildman–Crippen LogP) is 2.93. The minimum Gasteiger partial charge on any atom is -0.484 e. The molecule has 0 radical (unpaired) electrons. The van der Waals surface area contributed by atoms with Crippen molar-refractivity contribution < 1.29 is 14.3 Å². The Bertz CT molecular complexity index is 1100. The van der Waals surface area contributed by atoms with Crippen molar-refractivity contribution in [3.63, 3.8) is 0 Å². The highest BCUT2D eigenvalue weighted by Gasteiger charge is 2.24. The van der Waals surface area contributed by atoms with Gasteiger partial charge < -0.3 is 10.1 Å². The summed E-state index contributed by atoms with van der Waals surface area (Å²) in [6.45, 7) is 3.20. The molecule has 0 saturated heterocycles. The Morgan fingerprint density at radius 1 is 1.28 bits per heavy atom. The zero-order valence-corrected chi connectivity index (χ0v) is 17.2. The molecule has 0 spiro atoms. The van der Waals surface area contributed by atoms with Crippen molar-refractivity contribution in [1.29, 1.82) is 0 Å². The SMILES string of the molecule is CC(=O)Nc1ccc(OCC(=O)Nc2nc3c(s2)CCc2c-3cnn2C)cc1C. The lowest BCUT2D eigenvalue weighted by Crippen LogP contribution is -2.20. The first-order chi connectivity index (χ1) is 13.9. The fraction of sp³-hybridized carbons (Fsp3) is 0.300. The summed E-state index contributed by atoms with van der Waals surface area (Å²) in [5, 5.41) is 10.4. The van der Waals surface area contributed by atoms with Gasteiger partial charge >= 0.3 is 0 Å². The van der Waals surface area contributed by atoms with Crippen molar-refractivity contribution in [2.75, 3.05) is 17.2 Å². The van der Waals surface area contributed by atoms with Gasteiger partial charge in [0.15, 0.2) is 11.7 Å². The van der Waals surface area contributed by atoms with E-state index in [1.54, 1.807) is 18.2 Å². The van der Waals surface area contributed by atoms with E-state index in [2.05, 4.69) is 20.7 Å². The number of aryl methyl sites for hydroxylation is 3. The van der Waals surface area contributed by atoms with Gasteiger partial charge in [-0.3, -0.25) is 19.6 Å². The first-order valence-electron chi connectivity index (χ1n) is 9.22. The number of benzene rings is 1. The molecule has 4 rings (SSSR count). The monoisotopic (exact) mass is 411 g/mol. The van der Waals surface area contributed by atoms with Gasteiger partial charge in [0.1, 0.15) is 5.75 Å². The normalized spacial score (nSPS) is 12.1. The van der Waals surface area contributed by atoms with Crippen LogP contribution in [0.5, 0.6) is 5.75 Å². The summed E-state index contributed by atoms with van der Waals surface area (Å²) in [5.74, 6) is 0.155. The van der Waals surface area contributed by atoms with Gasteiger partial charge in [0.2, 0.25) is 5.91 Å². The molecule has 1 aliphatic carbocycles. The zero-order chi connectivity index (χ0) is 20.5. The number of rotatable bonds is 5. The minimum absolute atomic E-state index is 0.124. The summed E-state index contributed by atoms with van der Waals surface area (Å²) in [7, 11) is 1.93. The quantitative estimate of drug-likeness (QED) is 0.673. The fourth-order valence-corrected chi connectivity index (χ4v) is 4.33. The predicted molar refractivity (Wildman–Crippen MR) is 111 cm³/mol. The minimum atomic E-state index is -0.272. The first kappa shape index (κ1) is 19.1. The van der Waals surface area contributed by atoms with E-state index in [9.17, 15) is 9.59 Å². The molecule has 150 valence electrons. The molecule has 0 atom stereocenters. The summed E-state index contributed by atoms with van der Waals surface area (Å²) in [5.41, 5.74) is 4.69. The van der Waals surface area contributed by atoms with Crippen molar-refractivity contribution in [2.24, 2.45) is 7.05 Å². The van der Waals surface area contributed by atoms with E-state index in [0.717, 1.165) is 40.2 Å². The van der Waals surface area contributed by atoms with Crippen LogP contribution in [0.15, 0.2) is 24.4 Å². The largest absolute Gasteiger partial charge is 0.484 e. The first-order valence-corrected chi connectivity index (χ1v) is 10.0. The Labute approximate surface area is 171 Å². The Morgan fingerprint density at radius 3 is 2.86 bits per heavy atom. The summed E-state index contributed by atoms with van der Waals surface area (Å²) >= 11 is 1.49. The van der Waals surface area contributed by atoms with E-state index in [0.29, 0.717) is 10.9 Å². The molecule has 2 heterocycles. The molecule has 0 unspecified atom stereocenters. The highest BCUT2D eigenvalue weighted by Crippen LogP contribution is 2.37. The van der Waals surface area contributed by atoms with Crippen LogP contribution >= 0.6 is 11.3 Å². The van der Waals surface area contributed by atoms with E-state index in [1.165, 1.54) is 24.0 Å². The molecule has 3 aromatic rings. The molecule has 0 bridgehead atoms. The maximum Gasteiger partial charge on any atom is 0.264 e. The van der Waals surface area contributed by atoms with Gasteiger partial charge in [-0.2, -0.15) is 5.10 Å². The van der Waals surface area contributed by atoms with Crippen LogP contribution in [0.25, 0.3) is 11.3 Å². The number of hydrogen-bond acceptors (Lipinski definition) is 6. The molecule has 2 amide bonds. The smallest absolute Gasteiger partial charge is 0.264 e. The lowest BCUT2D eigenvalue weighted by atomic mass is 10.0. The Balaban J connectivity index is 1.38. The molecule has 9 heteroatoms. The average Bonchev–Trinajstić information content (AvgIpc) is 3.24. The average molecular weight is 411 g/mol.